The highest BCUT2D eigenvalue weighted by Gasteiger charge is 2.26. The van der Waals surface area contributed by atoms with Gasteiger partial charge in [0.15, 0.2) is 16.7 Å². The number of thioether (sulfide) groups is 1. The van der Waals surface area contributed by atoms with Crippen LogP contribution in [0.5, 0.6) is 0 Å². The van der Waals surface area contributed by atoms with Crippen LogP contribution in [0.4, 0.5) is 5.82 Å². The number of aromatic nitrogens is 3. The normalized spacial score (nSPS) is 13.7. The smallest absolute Gasteiger partial charge is 0.268 e. The zero-order chi connectivity index (χ0) is 16.8. The van der Waals surface area contributed by atoms with E-state index in [-0.39, 0.29) is 11.3 Å². The van der Waals surface area contributed by atoms with Crippen LogP contribution in [0.3, 0.4) is 0 Å². The largest absolute Gasteiger partial charge is 0.308 e. The molecular formula is C15H17N5OS2. The van der Waals surface area contributed by atoms with Gasteiger partial charge in [-0.15, -0.1) is 11.3 Å². The lowest BCUT2D eigenvalue weighted by Gasteiger charge is -2.13. The summed E-state index contributed by atoms with van der Waals surface area (Å²) in [6.07, 6.45) is 0. The second kappa shape index (κ2) is 5.65. The summed E-state index contributed by atoms with van der Waals surface area (Å²) in [5.41, 5.74) is 1.02. The van der Waals surface area contributed by atoms with Crippen molar-refractivity contribution >= 4 is 34.8 Å². The summed E-state index contributed by atoms with van der Waals surface area (Å²) in [6.45, 7) is 8.78. The van der Waals surface area contributed by atoms with Crippen LogP contribution in [0.2, 0.25) is 0 Å². The average Bonchev–Trinajstić information content (AvgIpc) is 3.11. The Morgan fingerprint density at radius 2 is 2.13 bits per heavy atom. The maximum Gasteiger partial charge on any atom is 0.268 e. The zero-order valence-corrected chi connectivity index (χ0v) is 15.1. The summed E-state index contributed by atoms with van der Waals surface area (Å²) < 4.78 is 1.85. The molecule has 0 bridgehead atoms. The first-order valence-corrected chi connectivity index (χ1v) is 9.04. The molecule has 0 saturated heterocycles. The number of rotatable bonds is 2. The molecule has 2 aromatic heterocycles. The number of fused-ring (bicyclic) bond motifs is 1. The first-order valence-electron chi connectivity index (χ1n) is 7.24. The lowest BCUT2D eigenvalue weighted by atomic mass is 9.98. The Balaban J connectivity index is 1.89. The van der Waals surface area contributed by atoms with Crippen LogP contribution >= 0.6 is 23.1 Å². The van der Waals surface area contributed by atoms with E-state index in [1.807, 2.05) is 11.5 Å². The number of thiazole rings is 1. The van der Waals surface area contributed by atoms with Crippen LogP contribution < -0.4 is 5.32 Å². The minimum absolute atomic E-state index is 0.0992. The predicted molar refractivity (Wildman–Crippen MR) is 91.2 cm³/mol. The first-order chi connectivity index (χ1) is 10.8. The molecule has 1 aliphatic rings. The van der Waals surface area contributed by atoms with E-state index in [1.165, 1.54) is 11.3 Å². The highest BCUT2D eigenvalue weighted by Crippen LogP contribution is 2.32. The lowest BCUT2D eigenvalue weighted by Crippen LogP contribution is -2.13. The molecule has 0 aliphatic carbocycles. The second-order valence-corrected chi connectivity index (χ2v) is 8.40. The molecule has 120 valence electrons. The number of imidazole rings is 1. The van der Waals surface area contributed by atoms with Crippen LogP contribution in [0.1, 0.15) is 46.8 Å². The van der Waals surface area contributed by atoms with Gasteiger partial charge in [0.25, 0.3) is 5.91 Å². The van der Waals surface area contributed by atoms with Crippen molar-refractivity contribution in [3.05, 3.63) is 21.3 Å². The van der Waals surface area contributed by atoms with E-state index in [1.54, 1.807) is 11.8 Å². The van der Waals surface area contributed by atoms with Gasteiger partial charge in [0.2, 0.25) is 0 Å². The van der Waals surface area contributed by atoms with Crippen molar-refractivity contribution in [2.45, 2.75) is 44.8 Å². The highest BCUT2D eigenvalue weighted by molar-refractivity contribution is 7.99. The number of anilines is 1. The van der Waals surface area contributed by atoms with Crippen LogP contribution in [0.15, 0.2) is 5.16 Å². The van der Waals surface area contributed by atoms with Crippen LogP contribution in [0, 0.1) is 18.3 Å². The monoisotopic (exact) mass is 347 g/mol. The molecule has 1 amide bonds. The van der Waals surface area contributed by atoms with E-state index in [0.717, 1.165) is 22.5 Å². The topological polar surface area (TPSA) is 83.6 Å². The molecule has 1 N–H and O–H groups in total. The molecule has 0 saturated carbocycles. The maximum absolute atomic E-state index is 12.6. The van der Waals surface area contributed by atoms with E-state index >= 15 is 0 Å². The van der Waals surface area contributed by atoms with Crippen molar-refractivity contribution in [1.29, 1.82) is 5.26 Å². The molecule has 6 nitrogen and oxygen atoms in total. The Morgan fingerprint density at radius 1 is 1.39 bits per heavy atom. The Labute approximate surface area is 142 Å². The summed E-state index contributed by atoms with van der Waals surface area (Å²) in [4.78, 5) is 22.0. The molecule has 0 unspecified atom stereocenters. The van der Waals surface area contributed by atoms with Gasteiger partial charge in [0.1, 0.15) is 10.9 Å². The summed E-state index contributed by atoms with van der Waals surface area (Å²) in [7, 11) is 0. The quantitative estimate of drug-likeness (QED) is 0.902. The molecule has 3 heterocycles. The van der Waals surface area contributed by atoms with Gasteiger partial charge in [-0.2, -0.15) is 5.26 Å². The number of nitrogens with zero attached hydrogens (tertiary/aromatic N) is 4. The van der Waals surface area contributed by atoms with Gasteiger partial charge in [0.05, 0.1) is 10.7 Å². The van der Waals surface area contributed by atoms with Crippen molar-refractivity contribution < 1.29 is 4.79 Å². The van der Waals surface area contributed by atoms with Gasteiger partial charge in [-0.3, -0.25) is 4.79 Å². The number of aryl methyl sites for hydroxylation is 1. The maximum atomic E-state index is 12.6. The molecule has 23 heavy (non-hydrogen) atoms. The highest BCUT2D eigenvalue weighted by atomic mass is 32.2. The van der Waals surface area contributed by atoms with Gasteiger partial charge in [-0.25, -0.2) is 9.97 Å². The van der Waals surface area contributed by atoms with Gasteiger partial charge in [0, 0.05) is 17.7 Å². The summed E-state index contributed by atoms with van der Waals surface area (Å²) in [5.74, 6) is 0.993. The van der Waals surface area contributed by atoms with Gasteiger partial charge in [-0.1, -0.05) is 32.5 Å². The van der Waals surface area contributed by atoms with Crippen molar-refractivity contribution in [2.75, 3.05) is 11.1 Å². The van der Waals surface area contributed by atoms with E-state index in [2.05, 4.69) is 42.1 Å². The molecule has 0 atom stereocenters. The third kappa shape index (κ3) is 2.86. The summed E-state index contributed by atoms with van der Waals surface area (Å²) in [5, 5.41) is 13.8. The third-order valence-corrected chi connectivity index (χ3v) is 6.00. The van der Waals surface area contributed by atoms with E-state index in [4.69, 9.17) is 0 Å². The minimum Gasteiger partial charge on any atom is -0.308 e. The van der Waals surface area contributed by atoms with Crippen molar-refractivity contribution in [3.8, 4) is 6.07 Å². The van der Waals surface area contributed by atoms with Crippen molar-refractivity contribution in [1.82, 2.24) is 14.5 Å². The number of amides is 1. The minimum atomic E-state index is -0.256. The summed E-state index contributed by atoms with van der Waals surface area (Å²) in [6, 6.07) is 2.14. The number of hydrogen-bond acceptors (Lipinski definition) is 6. The molecule has 3 rings (SSSR count). The fourth-order valence-electron chi connectivity index (χ4n) is 2.27. The number of nitriles is 1. The molecule has 1 aliphatic heterocycles. The number of hydrogen-bond donors (Lipinski definition) is 1. The standard InChI is InChI=1S/C15H17N5OS2/c1-8-10(23-13(17-8)15(2,3)4)12(21)18-11-9(7-16)20-5-6-22-14(20)19-11/h5-6H2,1-4H3,(H,18,21). The Kier molecular flexibility index (Phi) is 3.94. The fraction of sp³-hybridized carbons (Fsp3) is 0.467. The SMILES string of the molecule is Cc1nc(C(C)(C)C)sc1C(=O)Nc1nc2n(c1C#N)CCS2. The van der Waals surface area contributed by atoms with Crippen molar-refractivity contribution in [2.24, 2.45) is 0 Å². The Bertz CT molecular complexity index is 822. The molecule has 0 aromatic carbocycles. The fourth-order valence-corrected chi connectivity index (χ4v) is 4.24. The van der Waals surface area contributed by atoms with Crippen LogP contribution in [-0.2, 0) is 12.0 Å². The lowest BCUT2D eigenvalue weighted by molar-refractivity contribution is 0.102. The number of carbonyl (C=O) groups excluding carboxylic acids is 1. The third-order valence-electron chi connectivity index (χ3n) is 3.46. The number of nitrogens with one attached hydrogen (secondary N) is 1. The summed E-state index contributed by atoms with van der Waals surface area (Å²) >= 11 is 2.98. The first kappa shape index (κ1) is 16.0. The Morgan fingerprint density at radius 3 is 2.74 bits per heavy atom. The van der Waals surface area contributed by atoms with Gasteiger partial charge < -0.3 is 9.88 Å². The predicted octanol–water partition coefficient (Wildman–Crippen LogP) is 3.18. The Hall–Kier alpha value is -1.85. The van der Waals surface area contributed by atoms with E-state index < -0.39 is 0 Å². The zero-order valence-electron chi connectivity index (χ0n) is 13.4. The average molecular weight is 347 g/mol. The molecule has 0 radical (unpaired) electrons. The van der Waals surface area contributed by atoms with Gasteiger partial charge >= 0.3 is 0 Å². The molecule has 8 heteroatoms. The van der Waals surface area contributed by atoms with Crippen LogP contribution in [0.25, 0.3) is 0 Å². The van der Waals surface area contributed by atoms with E-state index in [0.29, 0.717) is 22.1 Å². The molecule has 0 spiro atoms. The van der Waals surface area contributed by atoms with Crippen LogP contribution in [-0.4, -0.2) is 26.2 Å². The van der Waals surface area contributed by atoms with E-state index in [9.17, 15) is 10.1 Å². The second-order valence-electron chi connectivity index (χ2n) is 6.34. The molecular weight excluding hydrogens is 330 g/mol. The van der Waals surface area contributed by atoms with Crippen molar-refractivity contribution in [3.63, 3.8) is 0 Å². The van der Waals surface area contributed by atoms with Gasteiger partial charge in [-0.05, 0) is 6.92 Å². The molecule has 0 fully saturated rings. The number of carbonyl (C=O) groups is 1. The molecule has 2 aromatic rings.